The van der Waals surface area contributed by atoms with E-state index in [1.54, 1.807) is 0 Å². The van der Waals surface area contributed by atoms with E-state index in [2.05, 4.69) is 51.7 Å². The van der Waals surface area contributed by atoms with Gasteiger partial charge < -0.3 is 0 Å². The molecule has 0 amide bonds. The number of nitrogens with zero attached hydrogens (tertiary/aromatic N) is 1. The first-order valence-electron chi connectivity index (χ1n) is 4.50. The molecule has 13 heavy (non-hydrogen) atoms. The molecule has 0 saturated carbocycles. The Balaban J connectivity index is 2.39. The number of rotatable bonds is 0. The van der Waals surface area contributed by atoms with Gasteiger partial charge in [0.05, 0.1) is 0 Å². The fourth-order valence-electron chi connectivity index (χ4n) is 1.48. The SMILES string of the molecule is CC(C)(C)[N]1[Sn][NH]c2ccccc21. The molecule has 0 saturated heterocycles. The van der Waals surface area contributed by atoms with Crippen LogP contribution in [0.5, 0.6) is 0 Å². The van der Waals surface area contributed by atoms with Crippen LogP contribution in [0.2, 0.25) is 0 Å². The molecule has 0 unspecified atom stereocenters. The van der Waals surface area contributed by atoms with Crippen molar-refractivity contribution in [3.63, 3.8) is 0 Å². The molecule has 1 N–H and O–H groups in total. The first-order valence-corrected chi connectivity index (χ1v) is 7.20. The Morgan fingerprint density at radius 1 is 1.23 bits per heavy atom. The van der Waals surface area contributed by atoms with Gasteiger partial charge in [-0.2, -0.15) is 0 Å². The Kier molecular flexibility index (Phi) is 2.18. The molecule has 0 spiro atoms. The molecule has 68 valence electrons. The summed E-state index contributed by atoms with van der Waals surface area (Å²) < 4.78 is 6.10. The zero-order valence-corrected chi connectivity index (χ0v) is 11.1. The van der Waals surface area contributed by atoms with Gasteiger partial charge in [-0.3, -0.25) is 0 Å². The predicted octanol–water partition coefficient (Wildman–Crippen LogP) is 2.25. The van der Waals surface area contributed by atoms with Crippen molar-refractivity contribution < 1.29 is 0 Å². The topological polar surface area (TPSA) is 15.3 Å². The van der Waals surface area contributed by atoms with Crippen LogP contribution in [0, 0.1) is 0 Å². The number of hydrogen-bond donors (Lipinski definition) is 1. The van der Waals surface area contributed by atoms with Gasteiger partial charge in [-0.1, -0.05) is 0 Å². The van der Waals surface area contributed by atoms with E-state index in [0.717, 1.165) is 0 Å². The van der Waals surface area contributed by atoms with E-state index < -0.39 is 21.7 Å². The maximum absolute atomic E-state index is 3.55. The third kappa shape index (κ3) is 1.64. The minimum absolute atomic E-state index is 0.270. The standard InChI is InChI=1S/C10H14N2.Sn/c1-10(2,3)12-9-7-5-4-6-8(9)11;/h4-7,11H,1-3H3;/q-2;+2. The van der Waals surface area contributed by atoms with Crippen LogP contribution in [0.4, 0.5) is 11.4 Å². The predicted molar refractivity (Wildman–Crippen MR) is 58.1 cm³/mol. The molecule has 0 bridgehead atoms. The Morgan fingerprint density at radius 2 is 1.92 bits per heavy atom. The molecular formula is C10H14N2Sn. The number of fused-ring (bicyclic) bond motifs is 1. The number of para-hydroxylation sites is 2. The van der Waals surface area contributed by atoms with Crippen molar-refractivity contribution in [1.82, 2.24) is 0 Å². The number of hydrogen-bond acceptors (Lipinski definition) is 2. The summed E-state index contributed by atoms with van der Waals surface area (Å²) in [5, 5.41) is 0. The van der Waals surface area contributed by atoms with Crippen molar-refractivity contribution in [3.05, 3.63) is 24.3 Å². The van der Waals surface area contributed by atoms with Crippen molar-refractivity contribution in [3.8, 4) is 0 Å². The first-order chi connectivity index (χ1) is 6.09. The summed E-state index contributed by atoms with van der Waals surface area (Å²) in [4.78, 5) is 0. The van der Waals surface area contributed by atoms with Gasteiger partial charge >= 0.3 is 90.3 Å². The van der Waals surface area contributed by atoms with Gasteiger partial charge in [-0.25, -0.2) is 0 Å². The molecule has 2 radical (unpaired) electrons. The van der Waals surface area contributed by atoms with E-state index in [0.29, 0.717) is 0 Å². The summed E-state index contributed by atoms with van der Waals surface area (Å²) in [7, 11) is 0. The second-order valence-electron chi connectivity index (χ2n) is 4.26. The molecule has 2 nitrogen and oxygen atoms in total. The van der Waals surface area contributed by atoms with Crippen LogP contribution in [0.25, 0.3) is 0 Å². The molecule has 1 aliphatic heterocycles. The Labute approximate surface area is 90.3 Å². The van der Waals surface area contributed by atoms with E-state index >= 15 is 0 Å². The average molecular weight is 281 g/mol. The summed E-state index contributed by atoms with van der Waals surface area (Å²) in [6.45, 7) is 6.83. The molecule has 1 heterocycles. The third-order valence-electron chi connectivity index (χ3n) is 2.12. The second kappa shape index (κ2) is 3.08. The molecule has 1 aliphatic rings. The molecule has 0 aliphatic carbocycles. The van der Waals surface area contributed by atoms with Gasteiger partial charge in [-0.15, -0.1) is 0 Å². The van der Waals surface area contributed by atoms with Crippen molar-refractivity contribution in [1.29, 1.82) is 0 Å². The van der Waals surface area contributed by atoms with Crippen molar-refractivity contribution >= 4 is 33.1 Å². The van der Waals surface area contributed by atoms with Gasteiger partial charge in [0.15, 0.2) is 0 Å². The zero-order valence-electron chi connectivity index (χ0n) is 8.26. The van der Waals surface area contributed by atoms with Crippen molar-refractivity contribution in [2.24, 2.45) is 0 Å². The zero-order chi connectivity index (χ0) is 9.47. The van der Waals surface area contributed by atoms with E-state index in [9.17, 15) is 0 Å². The quantitative estimate of drug-likeness (QED) is 0.734. The van der Waals surface area contributed by atoms with E-state index in [1.807, 2.05) is 0 Å². The van der Waals surface area contributed by atoms with Crippen LogP contribution >= 0.6 is 0 Å². The maximum atomic E-state index is 3.55. The number of nitrogens with one attached hydrogen (secondary N) is 1. The van der Waals surface area contributed by atoms with Gasteiger partial charge in [-0.05, 0) is 0 Å². The Hall–Kier alpha value is -0.381. The summed E-state index contributed by atoms with van der Waals surface area (Å²) in [6.07, 6.45) is 0. The Morgan fingerprint density at radius 3 is 2.62 bits per heavy atom. The molecule has 0 aromatic heterocycles. The van der Waals surface area contributed by atoms with Crippen LogP contribution in [0.3, 0.4) is 0 Å². The second-order valence-corrected chi connectivity index (χ2v) is 6.89. The van der Waals surface area contributed by atoms with E-state index in [-0.39, 0.29) is 5.54 Å². The van der Waals surface area contributed by atoms with Crippen molar-refractivity contribution in [2.45, 2.75) is 26.3 Å². The molecule has 3 heteroatoms. The van der Waals surface area contributed by atoms with E-state index in [1.165, 1.54) is 11.4 Å². The van der Waals surface area contributed by atoms with Crippen LogP contribution < -0.4 is 6.66 Å². The molecule has 2 rings (SSSR count). The number of anilines is 2. The van der Waals surface area contributed by atoms with E-state index in [4.69, 9.17) is 0 Å². The fourth-order valence-corrected chi connectivity index (χ4v) is 4.60. The minimum atomic E-state index is -0.594. The summed E-state index contributed by atoms with van der Waals surface area (Å²) in [5.41, 5.74) is 2.98. The monoisotopic (exact) mass is 282 g/mol. The van der Waals surface area contributed by atoms with Gasteiger partial charge in [0.25, 0.3) is 0 Å². The fraction of sp³-hybridized carbons (Fsp3) is 0.400. The normalized spacial score (nSPS) is 15.5. The van der Waals surface area contributed by atoms with Crippen LogP contribution in [-0.2, 0) is 0 Å². The number of benzene rings is 1. The van der Waals surface area contributed by atoms with Crippen LogP contribution in [0.15, 0.2) is 24.3 Å². The molecule has 0 atom stereocenters. The first kappa shape index (κ1) is 9.18. The van der Waals surface area contributed by atoms with Gasteiger partial charge in [0.1, 0.15) is 0 Å². The van der Waals surface area contributed by atoms with Gasteiger partial charge in [0.2, 0.25) is 0 Å². The molecule has 1 aromatic carbocycles. The summed E-state index contributed by atoms with van der Waals surface area (Å²) in [6, 6.07) is 8.59. The summed E-state index contributed by atoms with van der Waals surface area (Å²) in [5.74, 6) is 0. The molecule has 1 aromatic rings. The molecule has 0 fully saturated rings. The average Bonchev–Trinajstić information content (AvgIpc) is 2.45. The summed E-state index contributed by atoms with van der Waals surface area (Å²) >= 11 is -0.594. The van der Waals surface area contributed by atoms with Crippen LogP contribution in [0.1, 0.15) is 20.8 Å². The Bertz CT molecular complexity index is 317. The van der Waals surface area contributed by atoms with Gasteiger partial charge in [0, 0.05) is 0 Å². The van der Waals surface area contributed by atoms with Crippen LogP contribution in [-0.4, -0.2) is 27.2 Å². The third-order valence-corrected chi connectivity index (χ3v) is 6.45. The molecular weight excluding hydrogens is 267 g/mol. The van der Waals surface area contributed by atoms with Crippen molar-refractivity contribution in [2.75, 3.05) is 6.66 Å².